The summed E-state index contributed by atoms with van der Waals surface area (Å²) in [5.74, 6) is 5.61. The molecule has 1 aromatic carbocycles. The van der Waals surface area contributed by atoms with Crippen molar-refractivity contribution in [2.24, 2.45) is 11.8 Å². The molecule has 106 valence electrons. The van der Waals surface area contributed by atoms with Crippen LogP contribution in [0.3, 0.4) is 0 Å². The monoisotopic (exact) mass is 264 g/mol. The molecule has 1 atom stereocenters. The molecule has 4 heteroatoms. The van der Waals surface area contributed by atoms with Gasteiger partial charge >= 0.3 is 0 Å². The van der Waals surface area contributed by atoms with E-state index in [0.29, 0.717) is 5.75 Å². The lowest BCUT2D eigenvalue weighted by Gasteiger charge is -2.23. The van der Waals surface area contributed by atoms with E-state index in [0.717, 1.165) is 0 Å². The maximum absolute atomic E-state index is 11.7. The lowest BCUT2D eigenvalue weighted by atomic mass is 9.87. The number of hydrazine groups is 1. The Morgan fingerprint density at radius 3 is 2.42 bits per heavy atom. The molecule has 3 N–H and O–H groups in total. The summed E-state index contributed by atoms with van der Waals surface area (Å²) in [5, 5.41) is 0. The Morgan fingerprint density at radius 2 is 1.95 bits per heavy atom. The van der Waals surface area contributed by atoms with Crippen molar-refractivity contribution in [3.8, 4) is 5.75 Å². The first kappa shape index (κ1) is 15.5. The molecule has 0 aliphatic carbocycles. The predicted molar refractivity (Wildman–Crippen MR) is 76.7 cm³/mol. The molecule has 0 saturated heterocycles. The Bertz CT molecular complexity index is 436. The van der Waals surface area contributed by atoms with Gasteiger partial charge in [0.1, 0.15) is 5.75 Å². The third-order valence-corrected chi connectivity index (χ3v) is 2.97. The second-order valence-electron chi connectivity index (χ2n) is 6.07. The Balaban J connectivity index is 2.95. The van der Waals surface area contributed by atoms with Crippen molar-refractivity contribution >= 4 is 5.91 Å². The molecular weight excluding hydrogens is 240 g/mol. The number of carbonyl (C=O) groups is 1. The lowest BCUT2D eigenvalue weighted by molar-refractivity contribution is -0.129. The van der Waals surface area contributed by atoms with E-state index in [-0.39, 0.29) is 17.2 Å². The van der Waals surface area contributed by atoms with E-state index in [4.69, 9.17) is 10.6 Å². The zero-order chi connectivity index (χ0) is 14.6. The minimum atomic E-state index is -0.583. The summed E-state index contributed by atoms with van der Waals surface area (Å²) in [6, 6.07) is 7.82. The Labute approximate surface area is 115 Å². The molecule has 1 aromatic rings. The highest BCUT2D eigenvalue weighted by Gasteiger charge is 2.24. The fourth-order valence-electron chi connectivity index (χ4n) is 1.76. The van der Waals surface area contributed by atoms with Crippen LogP contribution in [0.5, 0.6) is 5.75 Å². The maximum Gasteiger partial charge on any atom is 0.275 e. The number of benzene rings is 1. The second kappa shape index (κ2) is 6.06. The first-order chi connectivity index (χ1) is 8.75. The van der Waals surface area contributed by atoms with Crippen molar-refractivity contribution < 1.29 is 9.53 Å². The minimum Gasteiger partial charge on any atom is -0.480 e. The number of nitrogens with one attached hydrogen (secondary N) is 1. The van der Waals surface area contributed by atoms with Gasteiger partial charge in [-0.3, -0.25) is 10.2 Å². The number of hydrogen-bond acceptors (Lipinski definition) is 3. The van der Waals surface area contributed by atoms with Gasteiger partial charge in [-0.25, -0.2) is 5.84 Å². The van der Waals surface area contributed by atoms with Crippen molar-refractivity contribution in [3.05, 3.63) is 29.8 Å². The number of nitrogens with two attached hydrogens (primary N) is 1. The van der Waals surface area contributed by atoms with Crippen molar-refractivity contribution in [1.29, 1.82) is 0 Å². The highest BCUT2D eigenvalue weighted by atomic mass is 16.5. The van der Waals surface area contributed by atoms with Gasteiger partial charge in [-0.2, -0.15) is 0 Å². The summed E-state index contributed by atoms with van der Waals surface area (Å²) in [6.07, 6.45) is -0.583. The van der Waals surface area contributed by atoms with Crippen molar-refractivity contribution in [1.82, 2.24) is 5.43 Å². The predicted octanol–water partition coefficient (Wildman–Crippen LogP) is 2.38. The molecular formula is C15H24N2O2. The molecule has 0 spiro atoms. The summed E-state index contributed by atoms with van der Waals surface area (Å²) in [7, 11) is 0. The van der Waals surface area contributed by atoms with Crippen LogP contribution in [0, 0.1) is 5.92 Å². The number of ether oxygens (including phenoxy) is 1. The molecule has 0 bridgehead atoms. The van der Waals surface area contributed by atoms with Gasteiger partial charge in [0, 0.05) is 0 Å². The van der Waals surface area contributed by atoms with E-state index in [1.54, 1.807) is 0 Å². The van der Waals surface area contributed by atoms with Gasteiger partial charge in [-0.1, -0.05) is 46.8 Å². The quantitative estimate of drug-likeness (QED) is 0.498. The number of amides is 1. The van der Waals surface area contributed by atoms with Gasteiger partial charge in [0.15, 0.2) is 6.10 Å². The Hall–Kier alpha value is -1.55. The summed E-state index contributed by atoms with van der Waals surface area (Å²) in [5.41, 5.74) is 3.36. The van der Waals surface area contributed by atoms with Crippen LogP contribution >= 0.6 is 0 Å². The number of carbonyl (C=O) groups excluding carboxylic acids is 1. The molecule has 0 aromatic heterocycles. The van der Waals surface area contributed by atoms with E-state index >= 15 is 0 Å². The summed E-state index contributed by atoms with van der Waals surface area (Å²) in [4.78, 5) is 11.7. The fourth-order valence-corrected chi connectivity index (χ4v) is 1.76. The SMILES string of the molecule is CC(C)C(Oc1cccc(C(C)(C)C)c1)C(=O)NN. The average molecular weight is 264 g/mol. The van der Waals surface area contributed by atoms with E-state index in [1.807, 2.05) is 32.0 Å². The van der Waals surface area contributed by atoms with Crippen LogP contribution in [0.25, 0.3) is 0 Å². The highest BCUT2D eigenvalue weighted by Crippen LogP contribution is 2.26. The van der Waals surface area contributed by atoms with Crippen molar-refractivity contribution in [2.45, 2.75) is 46.1 Å². The largest absolute Gasteiger partial charge is 0.480 e. The van der Waals surface area contributed by atoms with E-state index in [1.165, 1.54) is 5.56 Å². The Kier molecular flexibility index (Phi) is 4.95. The first-order valence-corrected chi connectivity index (χ1v) is 6.53. The van der Waals surface area contributed by atoms with E-state index in [2.05, 4.69) is 32.3 Å². The molecule has 0 fully saturated rings. The molecule has 0 aliphatic rings. The van der Waals surface area contributed by atoms with Gasteiger partial charge in [0.25, 0.3) is 5.91 Å². The summed E-state index contributed by atoms with van der Waals surface area (Å²) >= 11 is 0. The van der Waals surface area contributed by atoms with Gasteiger partial charge in [-0.05, 0) is 29.0 Å². The average Bonchev–Trinajstić information content (AvgIpc) is 2.34. The van der Waals surface area contributed by atoms with Crippen LogP contribution in [-0.2, 0) is 10.2 Å². The molecule has 1 rings (SSSR count). The van der Waals surface area contributed by atoms with Gasteiger partial charge in [-0.15, -0.1) is 0 Å². The Morgan fingerprint density at radius 1 is 1.32 bits per heavy atom. The smallest absolute Gasteiger partial charge is 0.275 e. The minimum absolute atomic E-state index is 0.0434. The van der Waals surface area contributed by atoms with Crippen LogP contribution in [0.1, 0.15) is 40.2 Å². The van der Waals surface area contributed by atoms with Crippen LogP contribution in [0.4, 0.5) is 0 Å². The molecule has 0 aliphatic heterocycles. The lowest BCUT2D eigenvalue weighted by Crippen LogP contribution is -2.44. The normalized spacial score (nSPS) is 13.2. The number of rotatable bonds is 4. The zero-order valence-electron chi connectivity index (χ0n) is 12.4. The van der Waals surface area contributed by atoms with Crippen molar-refractivity contribution in [3.63, 3.8) is 0 Å². The van der Waals surface area contributed by atoms with Crippen LogP contribution < -0.4 is 16.0 Å². The van der Waals surface area contributed by atoms with Gasteiger partial charge < -0.3 is 4.74 Å². The third kappa shape index (κ3) is 4.24. The van der Waals surface area contributed by atoms with Gasteiger partial charge in [0.2, 0.25) is 0 Å². The molecule has 1 unspecified atom stereocenters. The molecule has 1 amide bonds. The standard InChI is InChI=1S/C15H24N2O2/c1-10(2)13(14(18)17-16)19-12-8-6-7-11(9-12)15(3,4)5/h6-10,13H,16H2,1-5H3,(H,17,18). The first-order valence-electron chi connectivity index (χ1n) is 6.53. The molecule has 0 radical (unpaired) electrons. The molecule has 0 heterocycles. The molecule has 0 saturated carbocycles. The summed E-state index contributed by atoms with van der Waals surface area (Å²) < 4.78 is 5.77. The van der Waals surface area contributed by atoms with Gasteiger partial charge in [0.05, 0.1) is 0 Å². The van der Waals surface area contributed by atoms with E-state index < -0.39 is 6.10 Å². The van der Waals surface area contributed by atoms with Crippen LogP contribution in [-0.4, -0.2) is 12.0 Å². The molecule has 19 heavy (non-hydrogen) atoms. The topological polar surface area (TPSA) is 64.3 Å². The van der Waals surface area contributed by atoms with Crippen molar-refractivity contribution in [2.75, 3.05) is 0 Å². The summed E-state index contributed by atoms with van der Waals surface area (Å²) in [6.45, 7) is 10.3. The second-order valence-corrected chi connectivity index (χ2v) is 6.07. The maximum atomic E-state index is 11.7. The number of hydrogen-bond donors (Lipinski definition) is 2. The molecule has 4 nitrogen and oxygen atoms in total. The fraction of sp³-hybridized carbons (Fsp3) is 0.533. The highest BCUT2D eigenvalue weighted by molar-refractivity contribution is 5.80. The van der Waals surface area contributed by atoms with E-state index in [9.17, 15) is 4.79 Å². The zero-order valence-corrected chi connectivity index (χ0v) is 12.4. The third-order valence-electron chi connectivity index (χ3n) is 2.97. The van der Waals surface area contributed by atoms with Crippen LogP contribution in [0.15, 0.2) is 24.3 Å². The van der Waals surface area contributed by atoms with Crippen LogP contribution in [0.2, 0.25) is 0 Å².